The van der Waals surface area contributed by atoms with Crippen LogP contribution in [0.5, 0.6) is 0 Å². The van der Waals surface area contributed by atoms with E-state index in [0.29, 0.717) is 24.7 Å². The van der Waals surface area contributed by atoms with Crippen molar-refractivity contribution in [1.82, 2.24) is 14.3 Å². The van der Waals surface area contributed by atoms with E-state index in [0.717, 1.165) is 16.5 Å². The Balaban J connectivity index is 1.54. The summed E-state index contributed by atoms with van der Waals surface area (Å²) in [5.41, 5.74) is 1.72. The van der Waals surface area contributed by atoms with Gasteiger partial charge in [-0.05, 0) is 26.0 Å². The number of nitrogens with zero attached hydrogens (tertiary/aromatic N) is 3. The van der Waals surface area contributed by atoms with Crippen molar-refractivity contribution in [3.05, 3.63) is 54.6 Å². The number of rotatable bonds is 6. The highest BCUT2D eigenvalue weighted by molar-refractivity contribution is 7.89. The third kappa shape index (κ3) is 4.61. The second-order valence-electron chi connectivity index (χ2n) is 7.60. The summed E-state index contributed by atoms with van der Waals surface area (Å²) in [4.78, 5) is 9.34. The number of benzene rings is 2. The molecule has 0 bridgehead atoms. The van der Waals surface area contributed by atoms with Gasteiger partial charge < -0.3 is 10.1 Å². The molecule has 3 aromatic rings. The molecule has 2 aromatic carbocycles. The van der Waals surface area contributed by atoms with Gasteiger partial charge in [-0.3, -0.25) is 0 Å². The van der Waals surface area contributed by atoms with Crippen molar-refractivity contribution in [2.75, 3.05) is 30.7 Å². The molecule has 1 N–H and O–H groups in total. The maximum Gasteiger partial charge on any atom is 0.216 e. The van der Waals surface area contributed by atoms with Gasteiger partial charge in [-0.15, -0.1) is 0 Å². The molecule has 158 valence electrons. The van der Waals surface area contributed by atoms with Crippen molar-refractivity contribution in [3.63, 3.8) is 0 Å². The van der Waals surface area contributed by atoms with Crippen LogP contribution in [0.1, 0.15) is 13.8 Å². The predicted molar refractivity (Wildman–Crippen MR) is 119 cm³/mol. The Morgan fingerprint density at radius 3 is 2.40 bits per heavy atom. The van der Waals surface area contributed by atoms with Crippen LogP contribution in [0.15, 0.2) is 54.6 Å². The van der Waals surface area contributed by atoms with Gasteiger partial charge in [0.2, 0.25) is 10.0 Å². The number of para-hydroxylation sites is 1. The molecule has 0 saturated carbocycles. The number of hydrogen-bond acceptors (Lipinski definition) is 6. The number of morpholine rings is 1. The molecule has 1 aliphatic rings. The lowest BCUT2D eigenvalue weighted by Gasteiger charge is -2.34. The van der Waals surface area contributed by atoms with E-state index in [9.17, 15) is 8.42 Å². The first-order valence-corrected chi connectivity index (χ1v) is 11.7. The number of ether oxygens (including phenoxy) is 1. The van der Waals surface area contributed by atoms with Crippen LogP contribution >= 0.6 is 0 Å². The number of fused-ring (bicyclic) bond motifs is 1. The molecule has 0 unspecified atom stereocenters. The van der Waals surface area contributed by atoms with Gasteiger partial charge in [0, 0.05) is 30.6 Å². The largest absolute Gasteiger partial charge is 0.373 e. The highest BCUT2D eigenvalue weighted by atomic mass is 32.2. The van der Waals surface area contributed by atoms with E-state index in [-0.39, 0.29) is 24.5 Å². The zero-order valence-electron chi connectivity index (χ0n) is 17.2. The lowest BCUT2D eigenvalue weighted by atomic mass is 10.2. The van der Waals surface area contributed by atoms with Gasteiger partial charge in [0.1, 0.15) is 5.82 Å². The van der Waals surface area contributed by atoms with Gasteiger partial charge in [0.15, 0.2) is 5.82 Å². The minimum atomic E-state index is -3.39. The number of aromatic nitrogens is 2. The molecule has 0 spiro atoms. The molecule has 2 atom stereocenters. The maximum absolute atomic E-state index is 12.8. The Morgan fingerprint density at radius 1 is 1.00 bits per heavy atom. The Morgan fingerprint density at radius 2 is 1.67 bits per heavy atom. The topological polar surface area (TPSA) is 84.4 Å². The second-order valence-corrected chi connectivity index (χ2v) is 9.68. The Kier molecular flexibility index (Phi) is 5.99. The molecule has 0 amide bonds. The number of hydrogen-bond donors (Lipinski definition) is 1. The molecule has 7 nitrogen and oxygen atoms in total. The summed E-state index contributed by atoms with van der Waals surface area (Å²) < 4.78 is 32.8. The standard InChI is InChI=1S/C22H26N4O3S/c1-16-14-26(15-17(2)29-16)30(27,28)13-12-23-22-19-10-6-7-11-20(19)24-21(25-22)18-8-4-3-5-9-18/h3-11,16-17H,12-15H2,1-2H3,(H,23,24,25)/t16-,17-/m1/s1. The monoisotopic (exact) mass is 426 g/mol. The predicted octanol–water partition coefficient (Wildman–Crippen LogP) is 3.15. The molecule has 2 heterocycles. The Bertz CT molecular complexity index is 1110. The minimum Gasteiger partial charge on any atom is -0.373 e. The zero-order valence-corrected chi connectivity index (χ0v) is 18.0. The van der Waals surface area contributed by atoms with Crippen LogP contribution in [0.3, 0.4) is 0 Å². The second kappa shape index (κ2) is 8.67. The average Bonchev–Trinajstić information content (AvgIpc) is 2.73. The number of anilines is 1. The van der Waals surface area contributed by atoms with Crippen LogP contribution < -0.4 is 5.32 Å². The average molecular weight is 427 g/mol. The molecule has 0 aliphatic carbocycles. The van der Waals surface area contributed by atoms with E-state index in [1.54, 1.807) is 0 Å². The van der Waals surface area contributed by atoms with Crippen molar-refractivity contribution in [2.45, 2.75) is 26.1 Å². The van der Waals surface area contributed by atoms with Gasteiger partial charge in [0.05, 0.1) is 23.5 Å². The van der Waals surface area contributed by atoms with Gasteiger partial charge >= 0.3 is 0 Å². The molecule has 1 fully saturated rings. The Hall–Kier alpha value is -2.55. The minimum absolute atomic E-state index is 0.00849. The molecule has 4 rings (SSSR count). The molecule has 8 heteroatoms. The van der Waals surface area contributed by atoms with Crippen molar-refractivity contribution >= 4 is 26.7 Å². The zero-order chi connectivity index (χ0) is 21.1. The summed E-state index contributed by atoms with van der Waals surface area (Å²) in [5.74, 6) is 1.24. The Labute approximate surface area is 177 Å². The smallest absolute Gasteiger partial charge is 0.216 e. The highest BCUT2D eigenvalue weighted by Crippen LogP contribution is 2.25. The number of sulfonamides is 1. The molecular weight excluding hydrogens is 400 g/mol. The highest BCUT2D eigenvalue weighted by Gasteiger charge is 2.30. The quantitative estimate of drug-likeness (QED) is 0.652. The maximum atomic E-state index is 12.8. The molecule has 1 aliphatic heterocycles. The molecule has 30 heavy (non-hydrogen) atoms. The van der Waals surface area contributed by atoms with Crippen LogP contribution in [0.4, 0.5) is 5.82 Å². The third-order valence-electron chi connectivity index (χ3n) is 5.07. The fourth-order valence-electron chi connectivity index (χ4n) is 3.71. The normalized spacial score (nSPS) is 20.3. The van der Waals surface area contributed by atoms with Crippen molar-refractivity contribution < 1.29 is 13.2 Å². The van der Waals surface area contributed by atoms with E-state index in [4.69, 9.17) is 4.74 Å². The summed E-state index contributed by atoms with van der Waals surface area (Å²) >= 11 is 0. The van der Waals surface area contributed by atoms with Crippen LogP contribution in [-0.4, -0.2) is 60.3 Å². The van der Waals surface area contributed by atoms with E-state index in [2.05, 4.69) is 15.3 Å². The first-order chi connectivity index (χ1) is 14.4. The van der Waals surface area contributed by atoms with Gasteiger partial charge in [-0.2, -0.15) is 4.31 Å². The van der Waals surface area contributed by atoms with E-state index in [1.165, 1.54) is 4.31 Å². The van der Waals surface area contributed by atoms with E-state index in [1.807, 2.05) is 68.4 Å². The van der Waals surface area contributed by atoms with Gasteiger partial charge in [-0.1, -0.05) is 42.5 Å². The summed E-state index contributed by atoms with van der Waals surface area (Å²) in [6.07, 6.45) is -0.202. The SMILES string of the molecule is C[C@@H]1CN(S(=O)(=O)CCNc2nc(-c3ccccc3)nc3ccccc23)C[C@@H](C)O1. The first kappa shape index (κ1) is 20.7. The summed E-state index contributed by atoms with van der Waals surface area (Å²) in [6.45, 7) is 4.84. The lowest BCUT2D eigenvalue weighted by molar-refractivity contribution is -0.0440. The molecule has 0 radical (unpaired) electrons. The fourth-order valence-corrected chi connectivity index (χ4v) is 5.21. The summed E-state index contributed by atoms with van der Waals surface area (Å²) in [5, 5.41) is 4.09. The van der Waals surface area contributed by atoms with E-state index >= 15 is 0 Å². The number of nitrogens with one attached hydrogen (secondary N) is 1. The molecular formula is C22H26N4O3S. The van der Waals surface area contributed by atoms with Crippen LogP contribution in [0, 0.1) is 0 Å². The van der Waals surface area contributed by atoms with Crippen LogP contribution in [0.2, 0.25) is 0 Å². The third-order valence-corrected chi connectivity index (χ3v) is 6.87. The summed E-state index contributed by atoms with van der Waals surface area (Å²) in [6, 6.07) is 17.5. The van der Waals surface area contributed by atoms with Gasteiger partial charge in [0.25, 0.3) is 0 Å². The summed E-state index contributed by atoms with van der Waals surface area (Å²) in [7, 11) is -3.39. The van der Waals surface area contributed by atoms with Crippen molar-refractivity contribution in [2.24, 2.45) is 0 Å². The van der Waals surface area contributed by atoms with Gasteiger partial charge in [-0.25, -0.2) is 18.4 Å². The molecule has 1 aromatic heterocycles. The fraction of sp³-hybridized carbons (Fsp3) is 0.364. The molecule has 1 saturated heterocycles. The van der Waals surface area contributed by atoms with Crippen molar-refractivity contribution in [1.29, 1.82) is 0 Å². The lowest BCUT2D eigenvalue weighted by Crippen LogP contribution is -2.49. The van der Waals surface area contributed by atoms with E-state index < -0.39 is 10.0 Å². The van der Waals surface area contributed by atoms with Crippen molar-refractivity contribution in [3.8, 4) is 11.4 Å². The van der Waals surface area contributed by atoms with Crippen LogP contribution in [-0.2, 0) is 14.8 Å². The van der Waals surface area contributed by atoms with Crippen LogP contribution in [0.25, 0.3) is 22.3 Å². The first-order valence-electron chi connectivity index (χ1n) is 10.1.